The van der Waals surface area contributed by atoms with Crippen molar-refractivity contribution in [2.24, 2.45) is 11.5 Å². The molecule has 4 atom stereocenters. The first-order chi connectivity index (χ1) is 17.6. The van der Waals surface area contributed by atoms with Crippen molar-refractivity contribution in [1.29, 1.82) is 0 Å². The second-order valence-corrected chi connectivity index (χ2v) is 8.65. The molecule has 14 heteroatoms. The summed E-state index contributed by atoms with van der Waals surface area (Å²) in [5, 5.41) is 16.8. The molecule has 2 aromatic rings. The number of nitrogens with one attached hydrogen (secondary N) is 4. The Hall–Kier alpha value is -3.91. The predicted molar refractivity (Wildman–Crippen MR) is 136 cm³/mol. The number of aromatic nitrogens is 2. The van der Waals surface area contributed by atoms with Crippen LogP contribution in [0.3, 0.4) is 0 Å². The van der Waals surface area contributed by atoms with Crippen LogP contribution in [-0.2, 0) is 36.8 Å². The lowest BCUT2D eigenvalue weighted by Crippen LogP contribution is -2.58. The summed E-state index contributed by atoms with van der Waals surface area (Å²) in [5.74, 6) is -4.30. The Morgan fingerprint density at radius 1 is 0.946 bits per heavy atom. The fourth-order valence-electron chi connectivity index (χ4n) is 3.35. The number of thiol groups is 1. The second-order valence-electron chi connectivity index (χ2n) is 8.29. The van der Waals surface area contributed by atoms with Crippen LogP contribution in [-0.4, -0.2) is 74.6 Å². The van der Waals surface area contributed by atoms with E-state index in [2.05, 4.69) is 38.5 Å². The maximum absolute atomic E-state index is 13.0. The quantitative estimate of drug-likeness (QED) is 0.122. The Morgan fingerprint density at radius 2 is 1.57 bits per heavy atom. The van der Waals surface area contributed by atoms with Crippen molar-refractivity contribution in [3.05, 3.63) is 54.1 Å². The van der Waals surface area contributed by atoms with Crippen LogP contribution in [0.5, 0.6) is 0 Å². The lowest BCUT2D eigenvalue weighted by Gasteiger charge is -2.24. The Kier molecular flexibility index (Phi) is 11.6. The average Bonchev–Trinajstić information content (AvgIpc) is 3.37. The Balaban J connectivity index is 2.08. The molecule has 0 saturated heterocycles. The molecule has 4 amide bonds. The number of aromatic amines is 1. The van der Waals surface area contributed by atoms with E-state index in [1.807, 2.05) is 30.3 Å². The minimum Gasteiger partial charge on any atom is -0.480 e. The van der Waals surface area contributed by atoms with E-state index in [4.69, 9.17) is 11.5 Å². The first-order valence-electron chi connectivity index (χ1n) is 11.4. The zero-order valence-corrected chi connectivity index (χ0v) is 20.8. The van der Waals surface area contributed by atoms with Crippen LogP contribution in [0.4, 0.5) is 0 Å². The highest BCUT2D eigenvalue weighted by Crippen LogP contribution is 2.05. The lowest BCUT2D eigenvalue weighted by molar-refractivity contribution is -0.142. The number of aliphatic carboxylic acids is 1. The van der Waals surface area contributed by atoms with Gasteiger partial charge in [0, 0.05) is 30.5 Å². The summed E-state index contributed by atoms with van der Waals surface area (Å²) in [4.78, 5) is 67.8. The molecule has 0 aliphatic heterocycles. The van der Waals surface area contributed by atoms with Gasteiger partial charge >= 0.3 is 5.97 Å². The molecule has 0 radical (unpaired) electrons. The number of hydrogen-bond donors (Lipinski definition) is 8. The molecule has 4 unspecified atom stereocenters. The van der Waals surface area contributed by atoms with E-state index in [-0.39, 0.29) is 31.4 Å². The maximum atomic E-state index is 13.0. The number of carboxylic acids is 1. The van der Waals surface area contributed by atoms with Crippen LogP contribution in [0.1, 0.15) is 24.1 Å². The zero-order valence-electron chi connectivity index (χ0n) is 19.9. The van der Waals surface area contributed by atoms with Crippen molar-refractivity contribution < 1.29 is 29.1 Å². The third-order valence-corrected chi connectivity index (χ3v) is 5.72. The van der Waals surface area contributed by atoms with Crippen molar-refractivity contribution in [2.45, 2.75) is 49.9 Å². The van der Waals surface area contributed by atoms with Crippen molar-refractivity contribution >= 4 is 42.2 Å². The number of imidazole rings is 1. The fraction of sp³-hybridized carbons (Fsp3) is 0.391. The largest absolute Gasteiger partial charge is 0.480 e. The van der Waals surface area contributed by atoms with Crippen LogP contribution < -0.4 is 27.4 Å². The number of H-pyrrole nitrogens is 1. The molecule has 1 aromatic carbocycles. The number of benzene rings is 1. The minimum absolute atomic E-state index is 0.0551. The van der Waals surface area contributed by atoms with Gasteiger partial charge in [-0.2, -0.15) is 12.6 Å². The maximum Gasteiger partial charge on any atom is 0.326 e. The van der Waals surface area contributed by atoms with Crippen LogP contribution in [0, 0.1) is 0 Å². The normalized spacial score (nSPS) is 14.0. The monoisotopic (exact) mass is 533 g/mol. The molecule has 0 spiro atoms. The van der Waals surface area contributed by atoms with E-state index < -0.39 is 53.8 Å². The van der Waals surface area contributed by atoms with Crippen molar-refractivity contribution in [3.8, 4) is 0 Å². The van der Waals surface area contributed by atoms with E-state index in [0.717, 1.165) is 5.56 Å². The second kappa shape index (κ2) is 14.6. The SMILES string of the molecule is NC(=O)CCC(NC(=O)C(Cc1cnc[nH]1)NC(=O)C(CS)NC(=O)C(N)Cc1ccccc1)C(=O)O. The molecule has 200 valence electrons. The number of amides is 4. The Morgan fingerprint density at radius 3 is 2.14 bits per heavy atom. The molecule has 0 aliphatic rings. The van der Waals surface area contributed by atoms with Crippen LogP contribution in [0.25, 0.3) is 0 Å². The number of nitrogens with zero attached hydrogens (tertiary/aromatic N) is 1. The van der Waals surface area contributed by atoms with Gasteiger partial charge < -0.3 is 37.5 Å². The number of carbonyl (C=O) groups excluding carboxylic acids is 4. The number of primary amides is 1. The van der Waals surface area contributed by atoms with Gasteiger partial charge in [0.15, 0.2) is 0 Å². The summed E-state index contributed by atoms with van der Waals surface area (Å²) in [6.45, 7) is 0. The number of nitrogens with two attached hydrogens (primary N) is 2. The average molecular weight is 534 g/mol. The third kappa shape index (κ3) is 9.93. The highest BCUT2D eigenvalue weighted by atomic mass is 32.1. The molecule has 9 N–H and O–H groups in total. The number of carbonyl (C=O) groups is 5. The Labute approximate surface area is 218 Å². The van der Waals surface area contributed by atoms with Crippen LogP contribution in [0.15, 0.2) is 42.9 Å². The molecule has 0 aliphatic carbocycles. The molecular weight excluding hydrogens is 502 g/mol. The molecule has 1 heterocycles. The number of hydrogen-bond acceptors (Lipinski definition) is 8. The van der Waals surface area contributed by atoms with Crippen molar-refractivity contribution in [2.75, 3.05) is 5.75 Å². The van der Waals surface area contributed by atoms with Gasteiger partial charge in [-0.1, -0.05) is 30.3 Å². The number of rotatable bonds is 15. The molecular formula is C23H31N7O6S. The standard InChI is InChI=1S/C23H31N7O6S/c24-15(8-13-4-2-1-3-5-13)20(32)30-18(11-37)22(34)29-17(9-14-10-26-12-27-14)21(33)28-16(23(35)36)6-7-19(25)31/h1-5,10,12,15-18,37H,6-9,11,24H2,(H2,25,31)(H,26,27)(H,28,33)(H,29,34)(H,30,32)(H,35,36). The van der Waals surface area contributed by atoms with Gasteiger partial charge in [-0.3, -0.25) is 19.2 Å². The van der Waals surface area contributed by atoms with E-state index in [1.165, 1.54) is 12.5 Å². The Bertz CT molecular complexity index is 1070. The van der Waals surface area contributed by atoms with E-state index in [1.54, 1.807) is 0 Å². The summed E-state index contributed by atoms with van der Waals surface area (Å²) in [7, 11) is 0. The third-order valence-electron chi connectivity index (χ3n) is 5.36. The smallest absolute Gasteiger partial charge is 0.326 e. The van der Waals surface area contributed by atoms with Gasteiger partial charge in [0.1, 0.15) is 18.1 Å². The molecule has 0 bridgehead atoms. The zero-order chi connectivity index (χ0) is 27.4. The summed E-state index contributed by atoms with van der Waals surface area (Å²) in [6, 6.07) is 4.42. The van der Waals surface area contributed by atoms with Gasteiger partial charge in [0.25, 0.3) is 0 Å². The minimum atomic E-state index is -1.41. The van der Waals surface area contributed by atoms with E-state index >= 15 is 0 Å². The first kappa shape index (κ1) is 29.3. The molecule has 13 nitrogen and oxygen atoms in total. The lowest BCUT2D eigenvalue weighted by atomic mass is 10.1. The van der Waals surface area contributed by atoms with Gasteiger partial charge in [0.2, 0.25) is 23.6 Å². The highest BCUT2D eigenvalue weighted by Gasteiger charge is 2.30. The van der Waals surface area contributed by atoms with Crippen LogP contribution >= 0.6 is 12.6 Å². The summed E-state index contributed by atoms with van der Waals surface area (Å²) >= 11 is 4.14. The predicted octanol–water partition coefficient (Wildman–Crippen LogP) is -1.74. The summed E-state index contributed by atoms with van der Waals surface area (Å²) < 4.78 is 0. The molecule has 37 heavy (non-hydrogen) atoms. The molecule has 1 aromatic heterocycles. The van der Waals surface area contributed by atoms with Crippen molar-refractivity contribution in [1.82, 2.24) is 25.9 Å². The van der Waals surface area contributed by atoms with Gasteiger partial charge in [-0.15, -0.1) is 0 Å². The topological polar surface area (TPSA) is 222 Å². The highest BCUT2D eigenvalue weighted by molar-refractivity contribution is 7.80. The first-order valence-corrected chi connectivity index (χ1v) is 12.0. The summed E-state index contributed by atoms with van der Waals surface area (Å²) in [5.41, 5.74) is 12.4. The van der Waals surface area contributed by atoms with Crippen molar-refractivity contribution in [3.63, 3.8) is 0 Å². The summed E-state index contributed by atoms with van der Waals surface area (Å²) in [6.07, 6.45) is 2.53. The molecule has 0 saturated carbocycles. The van der Waals surface area contributed by atoms with E-state index in [9.17, 15) is 29.1 Å². The molecule has 0 fully saturated rings. The number of carboxylic acid groups (broad SMARTS) is 1. The van der Waals surface area contributed by atoms with Gasteiger partial charge in [0.05, 0.1) is 12.4 Å². The van der Waals surface area contributed by atoms with Gasteiger partial charge in [-0.25, -0.2) is 9.78 Å². The van der Waals surface area contributed by atoms with Gasteiger partial charge in [-0.05, 0) is 18.4 Å². The fourth-order valence-corrected chi connectivity index (χ4v) is 3.60. The van der Waals surface area contributed by atoms with E-state index in [0.29, 0.717) is 5.69 Å². The van der Waals surface area contributed by atoms with Crippen LogP contribution in [0.2, 0.25) is 0 Å². The molecule has 2 rings (SSSR count).